The number of allylic oxidation sites excluding steroid dienone is 2. The number of rotatable bonds is 60. The summed E-state index contributed by atoms with van der Waals surface area (Å²) in [7, 11) is 0. The van der Waals surface area contributed by atoms with Crippen molar-refractivity contribution in [3.63, 3.8) is 0 Å². The number of hydrogen-bond acceptors (Lipinski definition) is 6. The molecule has 71 heavy (non-hydrogen) atoms. The van der Waals surface area contributed by atoms with Crippen LogP contribution in [0.5, 0.6) is 0 Å². The van der Waals surface area contributed by atoms with Crippen LogP contribution in [0.25, 0.3) is 0 Å². The quantitative estimate of drug-likeness (QED) is 0.0261. The predicted octanol–water partition coefficient (Wildman–Crippen LogP) is 21.7. The normalized spacial score (nSPS) is 12.0. The van der Waals surface area contributed by atoms with E-state index in [4.69, 9.17) is 14.2 Å². The molecule has 0 amide bonds. The average molecular weight is 1000 g/mol. The molecule has 0 saturated carbocycles. The van der Waals surface area contributed by atoms with Gasteiger partial charge in [-0.05, 0) is 44.9 Å². The minimum Gasteiger partial charge on any atom is -0.462 e. The van der Waals surface area contributed by atoms with E-state index < -0.39 is 6.10 Å². The zero-order chi connectivity index (χ0) is 51.4. The highest BCUT2D eigenvalue weighted by Crippen LogP contribution is 2.18. The lowest BCUT2D eigenvalue weighted by Crippen LogP contribution is -2.30. The molecule has 1 atom stereocenters. The van der Waals surface area contributed by atoms with Gasteiger partial charge in [-0.15, -0.1) is 0 Å². The predicted molar refractivity (Wildman–Crippen MR) is 307 cm³/mol. The van der Waals surface area contributed by atoms with Gasteiger partial charge in [0.1, 0.15) is 13.2 Å². The lowest BCUT2D eigenvalue weighted by atomic mass is 10.0. The molecule has 0 aromatic heterocycles. The first-order chi connectivity index (χ1) is 35.0. The topological polar surface area (TPSA) is 78.9 Å². The Labute approximate surface area is 443 Å². The molecule has 6 heteroatoms. The largest absolute Gasteiger partial charge is 0.462 e. The summed E-state index contributed by atoms with van der Waals surface area (Å²) in [6.07, 6.45) is 70.7. The van der Waals surface area contributed by atoms with Crippen LogP contribution in [0.4, 0.5) is 0 Å². The molecule has 0 radical (unpaired) electrons. The van der Waals surface area contributed by atoms with Gasteiger partial charge in [0, 0.05) is 19.3 Å². The molecule has 0 aliphatic rings. The first kappa shape index (κ1) is 69.2. The second-order valence-electron chi connectivity index (χ2n) is 22.0. The molecule has 420 valence electrons. The van der Waals surface area contributed by atoms with Crippen LogP contribution in [0.1, 0.15) is 367 Å². The monoisotopic (exact) mass is 1000 g/mol. The molecule has 0 saturated heterocycles. The Kier molecular flexibility index (Phi) is 59.1. The van der Waals surface area contributed by atoms with E-state index in [-0.39, 0.29) is 31.1 Å². The van der Waals surface area contributed by atoms with Gasteiger partial charge in [0.15, 0.2) is 6.10 Å². The summed E-state index contributed by atoms with van der Waals surface area (Å²) in [6.45, 7) is 6.71. The maximum atomic E-state index is 12.9. The maximum Gasteiger partial charge on any atom is 0.306 e. The van der Waals surface area contributed by atoms with Gasteiger partial charge in [-0.1, -0.05) is 315 Å². The highest BCUT2D eigenvalue weighted by Gasteiger charge is 2.19. The zero-order valence-electron chi connectivity index (χ0n) is 48.3. The summed E-state index contributed by atoms with van der Waals surface area (Å²) in [5.74, 6) is -0.833. The van der Waals surface area contributed by atoms with E-state index in [2.05, 4.69) is 32.9 Å². The van der Waals surface area contributed by atoms with Crippen molar-refractivity contribution in [1.29, 1.82) is 0 Å². The molecule has 1 unspecified atom stereocenters. The molecular formula is C65H124O6. The zero-order valence-corrected chi connectivity index (χ0v) is 48.3. The van der Waals surface area contributed by atoms with Crippen molar-refractivity contribution in [2.45, 2.75) is 374 Å². The second-order valence-corrected chi connectivity index (χ2v) is 22.0. The molecule has 0 aliphatic carbocycles. The van der Waals surface area contributed by atoms with Crippen molar-refractivity contribution < 1.29 is 28.6 Å². The Bertz CT molecular complexity index is 1100. The van der Waals surface area contributed by atoms with E-state index in [1.807, 2.05) is 0 Å². The lowest BCUT2D eigenvalue weighted by molar-refractivity contribution is -0.167. The Morgan fingerprint density at radius 2 is 0.465 bits per heavy atom. The Hall–Kier alpha value is -1.85. The molecule has 0 aromatic carbocycles. The number of esters is 3. The van der Waals surface area contributed by atoms with Crippen LogP contribution in [0, 0.1) is 0 Å². The Balaban J connectivity index is 4.25. The van der Waals surface area contributed by atoms with Crippen LogP contribution in [0.2, 0.25) is 0 Å². The van der Waals surface area contributed by atoms with E-state index in [1.165, 1.54) is 270 Å². The van der Waals surface area contributed by atoms with Crippen molar-refractivity contribution in [2.24, 2.45) is 0 Å². The fourth-order valence-electron chi connectivity index (χ4n) is 9.91. The van der Waals surface area contributed by atoms with Crippen LogP contribution in [-0.2, 0) is 28.6 Å². The van der Waals surface area contributed by atoms with E-state index in [1.54, 1.807) is 0 Å². The van der Waals surface area contributed by atoms with E-state index in [0.717, 1.165) is 57.8 Å². The second kappa shape index (κ2) is 60.7. The summed E-state index contributed by atoms with van der Waals surface area (Å²) >= 11 is 0. The third-order valence-electron chi connectivity index (χ3n) is 14.8. The molecule has 0 rings (SSSR count). The minimum atomic E-state index is -0.765. The van der Waals surface area contributed by atoms with Crippen molar-refractivity contribution >= 4 is 17.9 Å². The maximum absolute atomic E-state index is 12.9. The first-order valence-electron chi connectivity index (χ1n) is 32.2. The van der Waals surface area contributed by atoms with Gasteiger partial charge in [-0.25, -0.2) is 0 Å². The highest BCUT2D eigenvalue weighted by atomic mass is 16.6. The van der Waals surface area contributed by atoms with Gasteiger partial charge in [0.25, 0.3) is 0 Å². The smallest absolute Gasteiger partial charge is 0.306 e. The number of ether oxygens (including phenoxy) is 3. The van der Waals surface area contributed by atoms with Gasteiger partial charge in [0.2, 0.25) is 0 Å². The molecule has 0 bridgehead atoms. The number of unbranched alkanes of at least 4 members (excludes halogenated alkanes) is 47. The highest BCUT2D eigenvalue weighted by molar-refractivity contribution is 5.71. The molecule has 0 aliphatic heterocycles. The Morgan fingerprint density at radius 1 is 0.268 bits per heavy atom. The van der Waals surface area contributed by atoms with E-state index >= 15 is 0 Å². The van der Waals surface area contributed by atoms with Crippen molar-refractivity contribution in [2.75, 3.05) is 13.2 Å². The van der Waals surface area contributed by atoms with Crippen molar-refractivity contribution in [3.05, 3.63) is 12.2 Å². The number of hydrogen-bond donors (Lipinski definition) is 0. The van der Waals surface area contributed by atoms with Gasteiger partial charge in [-0.3, -0.25) is 14.4 Å². The molecular weight excluding hydrogens is 877 g/mol. The fraction of sp³-hybridized carbons (Fsp3) is 0.923. The Morgan fingerprint density at radius 3 is 0.704 bits per heavy atom. The van der Waals surface area contributed by atoms with Gasteiger partial charge >= 0.3 is 17.9 Å². The number of carbonyl (C=O) groups is 3. The summed E-state index contributed by atoms with van der Waals surface area (Å²) in [5.41, 5.74) is 0. The van der Waals surface area contributed by atoms with Gasteiger partial charge in [0.05, 0.1) is 0 Å². The summed E-state index contributed by atoms with van der Waals surface area (Å²) in [5, 5.41) is 0. The SMILES string of the molecule is CCCCCCCCCC/C=C\CCCCCCCCCCCCCC(=O)OCC(COC(=O)CCCCCCCCCCCCCCCCC)OC(=O)CCCCCCCCCCCCCCCCC. The van der Waals surface area contributed by atoms with E-state index in [0.29, 0.717) is 19.3 Å². The molecule has 6 nitrogen and oxygen atoms in total. The van der Waals surface area contributed by atoms with Crippen LogP contribution in [0.15, 0.2) is 12.2 Å². The average Bonchev–Trinajstić information content (AvgIpc) is 3.37. The molecule has 0 N–H and O–H groups in total. The van der Waals surface area contributed by atoms with Crippen LogP contribution in [-0.4, -0.2) is 37.2 Å². The van der Waals surface area contributed by atoms with Gasteiger partial charge < -0.3 is 14.2 Å². The summed E-state index contributed by atoms with van der Waals surface area (Å²) < 4.78 is 16.9. The third-order valence-corrected chi connectivity index (χ3v) is 14.8. The van der Waals surface area contributed by atoms with Crippen LogP contribution >= 0.6 is 0 Å². The summed E-state index contributed by atoms with van der Waals surface area (Å²) in [6, 6.07) is 0. The standard InChI is InChI=1S/C65H124O6/c1-4-7-10-13-16-19-22-25-28-29-30-31-32-33-34-35-38-40-43-46-49-52-55-58-64(67)70-61-62(71-65(68)59-56-53-50-47-44-41-37-27-24-21-18-15-12-9-6-3)60-69-63(66)57-54-51-48-45-42-39-36-26-23-20-17-14-11-8-5-2/h29-30,62H,4-28,31-61H2,1-3H3/b30-29-. The van der Waals surface area contributed by atoms with Crippen LogP contribution in [0.3, 0.4) is 0 Å². The molecule has 0 spiro atoms. The minimum absolute atomic E-state index is 0.0633. The lowest BCUT2D eigenvalue weighted by Gasteiger charge is -2.18. The van der Waals surface area contributed by atoms with Gasteiger partial charge in [-0.2, -0.15) is 0 Å². The van der Waals surface area contributed by atoms with Crippen molar-refractivity contribution in [1.82, 2.24) is 0 Å². The van der Waals surface area contributed by atoms with Crippen molar-refractivity contribution in [3.8, 4) is 0 Å². The van der Waals surface area contributed by atoms with Crippen LogP contribution < -0.4 is 0 Å². The molecule has 0 fully saturated rings. The summed E-state index contributed by atoms with van der Waals surface area (Å²) in [4.78, 5) is 38.3. The third kappa shape index (κ3) is 58.9. The molecule has 0 aromatic rings. The van der Waals surface area contributed by atoms with E-state index in [9.17, 15) is 14.4 Å². The first-order valence-corrected chi connectivity index (χ1v) is 32.2. The molecule has 0 heterocycles. The fourth-order valence-corrected chi connectivity index (χ4v) is 9.91. The number of carbonyl (C=O) groups excluding carboxylic acids is 3.